The van der Waals surface area contributed by atoms with E-state index in [1.807, 2.05) is 0 Å². The Morgan fingerprint density at radius 3 is 2.80 bits per heavy atom. The van der Waals surface area contributed by atoms with Gasteiger partial charge in [0.15, 0.2) is 12.2 Å². The van der Waals surface area contributed by atoms with Crippen molar-refractivity contribution in [2.45, 2.75) is 56.5 Å². The van der Waals surface area contributed by atoms with E-state index in [0.717, 1.165) is 18.8 Å². The van der Waals surface area contributed by atoms with Gasteiger partial charge in [-0.05, 0) is 37.5 Å². The molecule has 5 aliphatic rings. The molecule has 0 amide bonds. The Kier molecular flexibility index (Phi) is 2.17. The van der Waals surface area contributed by atoms with E-state index >= 15 is 0 Å². The molecule has 20 heavy (non-hydrogen) atoms. The smallest absolute Gasteiger partial charge is 0.312 e. The van der Waals surface area contributed by atoms with Gasteiger partial charge in [0.1, 0.15) is 6.10 Å². The molecule has 5 rings (SSSR count). The average Bonchev–Trinajstić information content (AvgIpc) is 3.19. The monoisotopic (exact) mass is 278 g/mol. The molecule has 5 fully saturated rings. The summed E-state index contributed by atoms with van der Waals surface area (Å²) in [6, 6.07) is 0. The molecule has 8 unspecified atom stereocenters. The SMILES string of the molecule is O=C(OC1C2CC3C(=O)OC1C3O2)C1CC2CCC1C2. The predicted molar refractivity (Wildman–Crippen MR) is 65.5 cm³/mol. The first-order chi connectivity index (χ1) is 9.70. The summed E-state index contributed by atoms with van der Waals surface area (Å²) in [6.45, 7) is 0. The Bertz CT molecular complexity index is 489. The van der Waals surface area contributed by atoms with E-state index in [-0.39, 0.29) is 48.2 Å². The minimum atomic E-state index is -0.366. The molecule has 0 N–H and O–H groups in total. The number of fused-ring (bicyclic) bond motifs is 3. The van der Waals surface area contributed by atoms with Crippen LogP contribution in [0.4, 0.5) is 0 Å². The number of hydrogen-bond donors (Lipinski definition) is 0. The number of ether oxygens (including phenoxy) is 3. The minimum absolute atomic E-state index is 0.0702. The van der Waals surface area contributed by atoms with Crippen molar-refractivity contribution in [2.24, 2.45) is 23.7 Å². The van der Waals surface area contributed by atoms with Gasteiger partial charge in [0, 0.05) is 0 Å². The van der Waals surface area contributed by atoms with Gasteiger partial charge in [0.05, 0.1) is 17.9 Å². The van der Waals surface area contributed by atoms with Crippen LogP contribution in [0.2, 0.25) is 0 Å². The molecule has 3 saturated heterocycles. The summed E-state index contributed by atoms with van der Waals surface area (Å²) < 4.78 is 16.8. The maximum absolute atomic E-state index is 12.4. The van der Waals surface area contributed by atoms with Gasteiger partial charge in [-0.3, -0.25) is 9.59 Å². The molecular weight excluding hydrogens is 260 g/mol. The molecule has 2 aliphatic carbocycles. The summed E-state index contributed by atoms with van der Waals surface area (Å²) in [7, 11) is 0. The predicted octanol–water partition coefficient (Wildman–Crippen LogP) is 1.05. The third kappa shape index (κ3) is 1.37. The second-order valence-corrected chi connectivity index (χ2v) is 7.07. The fraction of sp³-hybridized carbons (Fsp3) is 0.867. The minimum Gasteiger partial charge on any atom is -0.455 e. The number of esters is 2. The van der Waals surface area contributed by atoms with Crippen molar-refractivity contribution in [1.29, 1.82) is 0 Å². The Balaban J connectivity index is 1.31. The lowest BCUT2D eigenvalue weighted by molar-refractivity contribution is -0.166. The van der Waals surface area contributed by atoms with Gasteiger partial charge in [-0.25, -0.2) is 0 Å². The fourth-order valence-corrected chi connectivity index (χ4v) is 5.14. The number of hydrogen-bond acceptors (Lipinski definition) is 5. The van der Waals surface area contributed by atoms with E-state index < -0.39 is 0 Å². The third-order valence-electron chi connectivity index (χ3n) is 6.08. The summed E-state index contributed by atoms with van der Waals surface area (Å²) in [5.41, 5.74) is 0. The number of carbonyl (C=O) groups is 2. The third-order valence-corrected chi connectivity index (χ3v) is 6.08. The standard InChI is InChI=1S/C15H18O5/c16-14(8-4-6-1-2-7(8)3-6)19-12-10-5-9-11(18-10)13(12)20-15(9)17/h6-13H,1-5H2. The van der Waals surface area contributed by atoms with Gasteiger partial charge in [-0.1, -0.05) is 6.42 Å². The van der Waals surface area contributed by atoms with Crippen molar-refractivity contribution >= 4 is 11.9 Å². The molecule has 3 heterocycles. The zero-order valence-electron chi connectivity index (χ0n) is 11.2. The molecule has 0 spiro atoms. The van der Waals surface area contributed by atoms with E-state index in [1.54, 1.807) is 0 Å². The normalized spacial score (nSPS) is 54.5. The summed E-state index contributed by atoms with van der Waals surface area (Å²) in [5, 5.41) is 0. The Morgan fingerprint density at radius 2 is 2.05 bits per heavy atom. The molecule has 8 atom stereocenters. The van der Waals surface area contributed by atoms with Crippen LogP contribution in [-0.2, 0) is 23.8 Å². The number of rotatable bonds is 2. The summed E-state index contributed by atoms with van der Waals surface area (Å²) in [4.78, 5) is 24.0. The van der Waals surface area contributed by atoms with E-state index in [4.69, 9.17) is 14.2 Å². The Morgan fingerprint density at radius 1 is 1.15 bits per heavy atom. The molecule has 0 aromatic heterocycles. The van der Waals surface area contributed by atoms with E-state index in [9.17, 15) is 9.59 Å². The van der Waals surface area contributed by atoms with Crippen molar-refractivity contribution in [3.8, 4) is 0 Å². The molecule has 0 aromatic rings. The van der Waals surface area contributed by atoms with Crippen molar-refractivity contribution < 1.29 is 23.8 Å². The second-order valence-electron chi connectivity index (χ2n) is 7.07. The zero-order valence-corrected chi connectivity index (χ0v) is 11.2. The molecule has 5 nitrogen and oxygen atoms in total. The Labute approximate surface area is 116 Å². The van der Waals surface area contributed by atoms with Crippen molar-refractivity contribution in [2.75, 3.05) is 0 Å². The van der Waals surface area contributed by atoms with Gasteiger partial charge in [0.2, 0.25) is 0 Å². The first-order valence-corrected chi connectivity index (χ1v) is 7.77. The Hall–Kier alpha value is -1.10. The van der Waals surface area contributed by atoms with Crippen LogP contribution in [0.3, 0.4) is 0 Å². The van der Waals surface area contributed by atoms with Crippen LogP contribution in [0.25, 0.3) is 0 Å². The van der Waals surface area contributed by atoms with Crippen LogP contribution >= 0.6 is 0 Å². The topological polar surface area (TPSA) is 61.8 Å². The highest BCUT2D eigenvalue weighted by molar-refractivity contribution is 5.78. The van der Waals surface area contributed by atoms with Crippen LogP contribution < -0.4 is 0 Å². The highest BCUT2D eigenvalue weighted by Gasteiger charge is 2.65. The van der Waals surface area contributed by atoms with Gasteiger partial charge in [-0.2, -0.15) is 0 Å². The van der Waals surface area contributed by atoms with Gasteiger partial charge >= 0.3 is 11.9 Å². The second kappa shape index (κ2) is 3.75. The quantitative estimate of drug-likeness (QED) is 0.706. The zero-order chi connectivity index (χ0) is 13.4. The van der Waals surface area contributed by atoms with E-state index in [2.05, 4.69) is 0 Å². The highest BCUT2D eigenvalue weighted by atomic mass is 16.7. The van der Waals surface area contributed by atoms with Gasteiger partial charge in [0.25, 0.3) is 0 Å². The molecular formula is C15H18O5. The lowest BCUT2D eigenvalue weighted by atomic mass is 9.87. The first kappa shape index (κ1) is 11.5. The van der Waals surface area contributed by atoms with Crippen LogP contribution in [0.1, 0.15) is 32.1 Å². The maximum Gasteiger partial charge on any atom is 0.312 e. The maximum atomic E-state index is 12.4. The van der Waals surface area contributed by atoms with Gasteiger partial charge < -0.3 is 14.2 Å². The van der Waals surface area contributed by atoms with Crippen LogP contribution in [0.5, 0.6) is 0 Å². The molecule has 4 bridgehead atoms. The summed E-state index contributed by atoms with van der Waals surface area (Å²) in [5.74, 6) is 0.926. The van der Waals surface area contributed by atoms with Crippen molar-refractivity contribution in [1.82, 2.24) is 0 Å². The van der Waals surface area contributed by atoms with E-state index in [1.165, 1.54) is 12.8 Å². The molecule has 0 radical (unpaired) electrons. The van der Waals surface area contributed by atoms with Crippen LogP contribution in [-0.4, -0.2) is 36.4 Å². The molecule has 0 aromatic carbocycles. The van der Waals surface area contributed by atoms with Gasteiger partial charge in [-0.15, -0.1) is 0 Å². The molecule has 5 heteroatoms. The fourth-order valence-electron chi connectivity index (χ4n) is 5.14. The van der Waals surface area contributed by atoms with Crippen LogP contribution in [0, 0.1) is 23.7 Å². The van der Waals surface area contributed by atoms with Crippen molar-refractivity contribution in [3.63, 3.8) is 0 Å². The highest BCUT2D eigenvalue weighted by Crippen LogP contribution is 2.51. The first-order valence-electron chi connectivity index (χ1n) is 7.77. The van der Waals surface area contributed by atoms with Crippen LogP contribution in [0.15, 0.2) is 0 Å². The lowest BCUT2D eigenvalue weighted by Gasteiger charge is -2.26. The average molecular weight is 278 g/mol. The van der Waals surface area contributed by atoms with E-state index in [0.29, 0.717) is 12.3 Å². The summed E-state index contributed by atoms with van der Waals surface area (Å²) in [6.07, 6.45) is 4.23. The molecule has 3 aliphatic heterocycles. The lowest BCUT2D eigenvalue weighted by Crippen LogP contribution is -2.41. The number of carbonyl (C=O) groups excluding carboxylic acids is 2. The molecule has 108 valence electrons. The summed E-state index contributed by atoms with van der Waals surface area (Å²) >= 11 is 0. The molecule has 2 saturated carbocycles. The van der Waals surface area contributed by atoms with Crippen molar-refractivity contribution in [3.05, 3.63) is 0 Å². The largest absolute Gasteiger partial charge is 0.455 e.